The van der Waals surface area contributed by atoms with Crippen LogP contribution in [-0.2, 0) is 6.42 Å². The molecular formula is C19H23NO. The summed E-state index contributed by atoms with van der Waals surface area (Å²) >= 11 is 0. The molecule has 0 amide bonds. The van der Waals surface area contributed by atoms with Gasteiger partial charge in [0.2, 0.25) is 0 Å². The van der Waals surface area contributed by atoms with Crippen molar-refractivity contribution in [3.05, 3.63) is 64.7 Å². The Morgan fingerprint density at radius 2 is 1.95 bits per heavy atom. The van der Waals surface area contributed by atoms with E-state index in [4.69, 9.17) is 4.74 Å². The summed E-state index contributed by atoms with van der Waals surface area (Å²) in [6.45, 7) is 7.35. The maximum absolute atomic E-state index is 6.01. The van der Waals surface area contributed by atoms with Crippen LogP contribution in [0, 0.1) is 13.8 Å². The zero-order chi connectivity index (χ0) is 14.8. The molecule has 2 nitrogen and oxygen atoms in total. The number of nitrogens with one attached hydrogen (secondary N) is 1. The van der Waals surface area contributed by atoms with Crippen molar-refractivity contribution >= 4 is 0 Å². The summed E-state index contributed by atoms with van der Waals surface area (Å²) in [5, 5.41) is 3.59. The molecule has 2 aromatic rings. The Morgan fingerprint density at radius 3 is 2.76 bits per heavy atom. The number of hydrogen-bond acceptors (Lipinski definition) is 2. The van der Waals surface area contributed by atoms with Crippen molar-refractivity contribution < 1.29 is 4.74 Å². The number of hydrogen-bond donors (Lipinski definition) is 1. The second kappa shape index (κ2) is 5.90. The van der Waals surface area contributed by atoms with Gasteiger partial charge in [-0.15, -0.1) is 0 Å². The van der Waals surface area contributed by atoms with E-state index in [1.165, 1.54) is 22.3 Å². The zero-order valence-corrected chi connectivity index (χ0v) is 13.0. The molecule has 0 aromatic heterocycles. The second-order valence-electron chi connectivity index (χ2n) is 6.10. The summed E-state index contributed by atoms with van der Waals surface area (Å²) < 4.78 is 6.01. The fourth-order valence-corrected chi connectivity index (χ4v) is 2.93. The molecule has 1 heterocycles. The summed E-state index contributed by atoms with van der Waals surface area (Å²) in [4.78, 5) is 0. The van der Waals surface area contributed by atoms with E-state index in [0.717, 1.165) is 18.7 Å². The van der Waals surface area contributed by atoms with Crippen LogP contribution in [0.2, 0.25) is 0 Å². The Kier molecular flexibility index (Phi) is 3.98. The summed E-state index contributed by atoms with van der Waals surface area (Å²) in [5.74, 6) is 1.05. The van der Waals surface area contributed by atoms with Crippen LogP contribution in [0.25, 0.3) is 0 Å². The minimum atomic E-state index is 0.244. The molecule has 0 saturated carbocycles. The van der Waals surface area contributed by atoms with Gasteiger partial charge in [0, 0.05) is 19.0 Å². The lowest BCUT2D eigenvalue weighted by atomic mass is 10.0. The Hall–Kier alpha value is -1.80. The third-order valence-corrected chi connectivity index (χ3v) is 4.15. The minimum absolute atomic E-state index is 0.244. The van der Waals surface area contributed by atoms with Crippen LogP contribution < -0.4 is 10.1 Å². The van der Waals surface area contributed by atoms with Crippen LogP contribution in [-0.4, -0.2) is 12.6 Å². The Bertz CT molecular complexity index is 635. The van der Waals surface area contributed by atoms with Crippen molar-refractivity contribution in [2.45, 2.75) is 39.3 Å². The molecule has 0 saturated heterocycles. The molecule has 0 bridgehead atoms. The smallest absolute Gasteiger partial charge is 0.123 e. The van der Waals surface area contributed by atoms with Gasteiger partial charge in [0.25, 0.3) is 0 Å². The number of benzene rings is 2. The number of aryl methyl sites for hydroxylation is 2. The Labute approximate surface area is 127 Å². The summed E-state index contributed by atoms with van der Waals surface area (Å²) in [7, 11) is 0. The monoisotopic (exact) mass is 281 g/mol. The van der Waals surface area contributed by atoms with Crippen molar-refractivity contribution in [1.82, 2.24) is 5.32 Å². The van der Waals surface area contributed by atoms with Crippen LogP contribution in [0.1, 0.15) is 35.2 Å². The zero-order valence-electron chi connectivity index (χ0n) is 13.0. The molecule has 2 heteroatoms. The largest absolute Gasteiger partial charge is 0.488 e. The first-order valence-electron chi connectivity index (χ1n) is 7.68. The molecule has 2 atom stereocenters. The first-order valence-corrected chi connectivity index (χ1v) is 7.68. The molecule has 1 aliphatic heterocycles. The molecule has 2 aromatic carbocycles. The summed E-state index contributed by atoms with van der Waals surface area (Å²) in [6, 6.07) is 15.5. The van der Waals surface area contributed by atoms with E-state index >= 15 is 0 Å². The molecule has 0 aliphatic carbocycles. The fourth-order valence-electron chi connectivity index (χ4n) is 2.93. The van der Waals surface area contributed by atoms with Gasteiger partial charge in [-0.25, -0.2) is 0 Å². The van der Waals surface area contributed by atoms with Gasteiger partial charge in [0.15, 0.2) is 0 Å². The highest BCUT2D eigenvalue weighted by Crippen LogP contribution is 2.29. The van der Waals surface area contributed by atoms with Crippen molar-refractivity contribution in [3.8, 4) is 5.75 Å². The highest BCUT2D eigenvalue weighted by atomic mass is 16.5. The van der Waals surface area contributed by atoms with Gasteiger partial charge in [0.05, 0.1) is 0 Å². The maximum atomic E-state index is 6.01. The van der Waals surface area contributed by atoms with Crippen LogP contribution in [0.4, 0.5) is 0 Å². The molecule has 1 aliphatic rings. The van der Waals surface area contributed by atoms with Crippen LogP contribution >= 0.6 is 0 Å². The van der Waals surface area contributed by atoms with Crippen LogP contribution in [0.3, 0.4) is 0 Å². The molecule has 1 unspecified atom stereocenters. The molecule has 0 radical (unpaired) electrons. The third kappa shape index (κ3) is 3.27. The van der Waals surface area contributed by atoms with Gasteiger partial charge < -0.3 is 10.1 Å². The lowest BCUT2D eigenvalue weighted by molar-refractivity contribution is 0.222. The highest BCUT2D eigenvalue weighted by molar-refractivity contribution is 5.40. The van der Waals surface area contributed by atoms with Gasteiger partial charge in [-0.2, -0.15) is 0 Å². The molecule has 110 valence electrons. The fraction of sp³-hybridized carbons (Fsp3) is 0.368. The van der Waals surface area contributed by atoms with E-state index in [9.17, 15) is 0 Å². The van der Waals surface area contributed by atoms with E-state index in [0.29, 0.717) is 6.04 Å². The Balaban J connectivity index is 1.57. The summed E-state index contributed by atoms with van der Waals surface area (Å²) in [6.07, 6.45) is 1.25. The normalized spacial score (nSPS) is 18.1. The molecule has 21 heavy (non-hydrogen) atoms. The van der Waals surface area contributed by atoms with Gasteiger partial charge >= 0.3 is 0 Å². The quantitative estimate of drug-likeness (QED) is 0.916. The number of fused-ring (bicyclic) bond motifs is 1. The van der Waals surface area contributed by atoms with E-state index < -0.39 is 0 Å². The lowest BCUT2D eigenvalue weighted by Crippen LogP contribution is -2.31. The van der Waals surface area contributed by atoms with E-state index in [1.807, 2.05) is 0 Å². The first kappa shape index (κ1) is 14.2. The van der Waals surface area contributed by atoms with Gasteiger partial charge in [0.1, 0.15) is 11.9 Å². The molecule has 0 fully saturated rings. The molecule has 3 rings (SSSR count). The van der Waals surface area contributed by atoms with Crippen LogP contribution in [0.15, 0.2) is 42.5 Å². The molecular weight excluding hydrogens is 258 g/mol. The lowest BCUT2D eigenvalue weighted by Gasteiger charge is -2.18. The van der Waals surface area contributed by atoms with Gasteiger partial charge in [-0.1, -0.05) is 47.5 Å². The number of rotatable bonds is 4. The second-order valence-corrected chi connectivity index (χ2v) is 6.10. The van der Waals surface area contributed by atoms with Crippen molar-refractivity contribution in [2.24, 2.45) is 0 Å². The SMILES string of the molecule is Cc1cccc([C@@H](C)NCC2Cc3cc(C)ccc3O2)c1. The standard InChI is InChI=1S/C19H23NO/c1-13-5-4-6-16(9-13)15(3)20-12-18-11-17-10-14(2)7-8-19(17)21-18/h4-10,15,18,20H,11-12H2,1-3H3/t15-,18?/m1/s1. The summed E-state index contributed by atoms with van der Waals surface area (Å²) in [5.41, 5.74) is 5.28. The Morgan fingerprint density at radius 1 is 1.14 bits per heavy atom. The molecule has 0 spiro atoms. The van der Waals surface area contributed by atoms with Gasteiger partial charge in [-0.3, -0.25) is 0 Å². The maximum Gasteiger partial charge on any atom is 0.123 e. The average molecular weight is 281 g/mol. The van der Waals surface area contributed by atoms with Crippen LogP contribution in [0.5, 0.6) is 5.75 Å². The third-order valence-electron chi connectivity index (χ3n) is 4.15. The minimum Gasteiger partial charge on any atom is -0.488 e. The molecule has 1 N–H and O–H groups in total. The van der Waals surface area contributed by atoms with Crippen molar-refractivity contribution in [2.75, 3.05) is 6.54 Å². The number of ether oxygens (including phenoxy) is 1. The van der Waals surface area contributed by atoms with Gasteiger partial charge in [-0.05, 0) is 38.0 Å². The van der Waals surface area contributed by atoms with Crippen molar-refractivity contribution in [3.63, 3.8) is 0 Å². The topological polar surface area (TPSA) is 21.3 Å². The average Bonchev–Trinajstić information content (AvgIpc) is 2.86. The predicted molar refractivity (Wildman–Crippen MR) is 86.9 cm³/mol. The van der Waals surface area contributed by atoms with E-state index in [1.54, 1.807) is 0 Å². The first-order chi connectivity index (χ1) is 10.1. The predicted octanol–water partition coefficient (Wildman–Crippen LogP) is 3.96. The van der Waals surface area contributed by atoms with Crippen molar-refractivity contribution in [1.29, 1.82) is 0 Å². The van der Waals surface area contributed by atoms with E-state index in [2.05, 4.69) is 68.6 Å². The highest BCUT2D eigenvalue weighted by Gasteiger charge is 2.23. The van der Waals surface area contributed by atoms with E-state index in [-0.39, 0.29) is 6.10 Å².